The Hall–Kier alpha value is -2.61. The van der Waals surface area contributed by atoms with Crippen molar-refractivity contribution in [2.24, 2.45) is 0 Å². The number of aromatic nitrogens is 5. The molecule has 0 aliphatic heterocycles. The van der Waals surface area contributed by atoms with Crippen molar-refractivity contribution < 1.29 is 4.79 Å². The minimum atomic E-state index is -0.0910. The molecule has 1 aliphatic rings. The van der Waals surface area contributed by atoms with Gasteiger partial charge in [0.1, 0.15) is 4.88 Å². The van der Waals surface area contributed by atoms with Gasteiger partial charge >= 0.3 is 0 Å². The fourth-order valence-electron chi connectivity index (χ4n) is 3.09. The SMILES string of the molecule is O=C(Nc1ccc(-c2nn[nH]n2)cc1)c1scnc1C1CCCC1. The maximum Gasteiger partial charge on any atom is 0.267 e. The summed E-state index contributed by atoms with van der Waals surface area (Å²) in [4.78, 5) is 17.8. The van der Waals surface area contributed by atoms with Gasteiger partial charge in [-0.15, -0.1) is 21.5 Å². The molecule has 1 aliphatic carbocycles. The number of carbonyl (C=O) groups is 1. The van der Waals surface area contributed by atoms with Crippen LogP contribution < -0.4 is 5.32 Å². The highest BCUT2D eigenvalue weighted by Gasteiger charge is 2.25. The second-order valence-electron chi connectivity index (χ2n) is 5.81. The van der Waals surface area contributed by atoms with Crippen LogP contribution in [0.5, 0.6) is 0 Å². The molecular formula is C16H16N6OS. The predicted molar refractivity (Wildman–Crippen MR) is 90.9 cm³/mol. The molecule has 1 saturated carbocycles. The van der Waals surface area contributed by atoms with Crippen LogP contribution in [0.15, 0.2) is 29.8 Å². The van der Waals surface area contributed by atoms with E-state index in [2.05, 4.69) is 30.9 Å². The third kappa shape index (κ3) is 2.92. The Morgan fingerprint density at radius 3 is 2.71 bits per heavy atom. The minimum absolute atomic E-state index is 0.0910. The summed E-state index contributed by atoms with van der Waals surface area (Å²) in [6.07, 6.45) is 4.70. The summed E-state index contributed by atoms with van der Waals surface area (Å²) in [7, 11) is 0. The summed E-state index contributed by atoms with van der Waals surface area (Å²) in [6.45, 7) is 0. The van der Waals surface area contributed by atoms with Gasteiger partial charge < -0.3 is 5.32 Å². The molecule has 7 nitrogen and oxygen atoms in total. The normalized spacial score (nSPS) is 14.8. The lowest BCUT2D eigenvalue weighted by atomic mass is 10.0. The van der Waals surface area contributed by atoms with Crippen LogP contribution >= 0.6 is 11.3 Å². The van der Waals surface area contributed by atoms with Crippen LogP contribution in [0.2, 0.25) is 0 Å². The molecule has 2 aromatic heterocycles. The second kappa shape index (κ2) is 6.48. The fraction of sp³-hybridized carbons (Fsp3) is 0.312. The molecule has 2 N–H and O–H groups in total. The topological polar surface area (TPSA) is 96.5 Å². The molecule has 0 atom stereocenters. The van der Waals surface area contributed by atoms with Gasteiger partial charge in [0.05, 0.1) is 11.2 Å². The van der Waals surface area contributed by atoms with Crippen molar-refractivity contribution in [1.29, 1.82) is 0 Å². The summed E-state index contributed by atoms with van der Waals surface area (Å²) < 4.78 is 0. The van der Waals surface area contributed by atoms with Crippen molar-refractivity contribution in [2.75, 3.05) is 5.32 Å². The lowest BCUT2D eigenvalue weighted by molar-refractivity contribution is 0.102. The van der Waals surface area contributed by atoms with E-state index < -0.39 is 0 Å². The molecule has 0 radical (unpaired) electrons. The van der Waals surface area contributed by atoms with E-state index in [0.717, 1.165) is 34.7 Å². The number of anilines is 1. The standard InChI is InChI=1S/C16H16N6OS/c23-16(14-13(17-9-24-14)10-3-1-2-4-10)18-12-7-5-11(6-8-12)15-19-21-22-20-15/h5-10H,1-4H2,(H,18,23)(H,19,20,21,22). The highest BCUT2D eigenvalue weighted by Crippen LogP contribution is 2.36. The number of rotatable bonds is 4. The van der Waals surface area contributed by atoms with Gasteiger partial charge in [0.15, 0.2) is 0 Å². The Bertz CT molecular complexity index is 821. The number of carbonyl (C=O) groups excluding carboxylic acids is 1. The quantitative estimate of drug-likeness (QED) is 0.760. The van der Waals surface area contributed by atoms with Crippen molar-refractivity contribution in [1.82, 2.24) is 25.6 Å². The Balaban J connectivity index is 1.49. The molecular weight excluding hydrogens is 324 g/mol. The number of H-pyrrole nitrogens is 1. The summed E-state index contributed by atoms with van der Waals surface area (Å²) in [5.74, 6) is 0.864. The van der Waals surface area contributed by atoms with Gasteiger partial charge in [-0.25, -0.2) is 4.98 Å². The van der Waals surface area contributed by atoms with Gasteiger partial charge in [-0.3, -0.25) is 4.79 Å². The Kier molecular flexibility index (Phi) is 4.04. The first-order valence-corrected chi connectivity index (χ1v) is 8.78. The predicted octanol–water partition coefficient (Wildman–Crippen LogP) is 3.23. The van der Waals surface area contributed by atoms with E-state index in [1.165, 1.54) is 24.2 Å². The Labute approximate surface area is 142 Å². The molecule has 1 amide bonds. The van der Waals surface area contributed by atoms with Crippen LogP contribution in [0.4, 0.5) is 5.69 Å². The summed E-state index contributed by atoms with van der Waals surface area (Å²) in [5, 5.41) is 16.8. The number of hydrogen-bond donors (Lipinski definition) is 2. The zero-order chi connectivity index (χ0) is 16.4. The van der Waals surface area contributed by atoms with Gasteiger partial charge in [-0.05, 0) is 42.3 Å². The van der Waals surface area contributed by atoms with E-state index in [9.17, 15) is 4.79 Å². The number of aromatic amines is 1. The van der Waals surface area contributed by atoms with Gasteiger partial charge in [-0.1, -0.05) is 12.8 Å². The zero-order valence-electron chi connectivity index (χ0n) is 12.9. The molecule has 3 aromatic rings. The van der Waals surface area contributed by atoms with Gasteiger partial charge in [0.25, 0.3) is 5.91 Å². The molecule has 0 spiro atoms. The number of thiazole rings is 1. The third-order valence-corrected chi connectivity index (χ3v) is 5.13. The number of benzene rings is 1. The van der Waals surface area contributed by atoms with Crippen LogP contribution in [0, 0.1) is 0 Å². The molecule has 1 aromatic carbocycles. The lowest BCUT2D eigenvalue weighted by Gasteiger charge is -2.09. The number of nitrogens with zero attached hydrogens (tertiary/aromatic N) is 4. The molecule has 0 unspecified atom stereocenters. The number of amides is 1. The van der Waals surface area contributed by atoms with E-state index in [-0.39, 0.29) is 5.91 Å². The van der Waals surface area contributed by atoms with Gasteiger partial charge in [-0.2, -0.15) is 5.21 Å². The van der Waals surface area contributed by atoms with E-state index >= 15 is 0 Å². The van der Waals surface area contributed by atoms with Crippen LogP contribution in [0.3, 0.4) is 0 Å². The number of tetrazole rings is 1. The lowest BCUT2D eigenvalue weighted by Crippen LogP contribution is -2.13. The van der Waals surface area contributed by atoms with E-state index in [1.807, 2.05) is 24.3 Å². The number of hydrogen-bond acceptors (Lipinski definition) is 6. The summed E-state index contributed by atoms with van der Waals surface area (Å²) in [5.41, 5.74) is 4.30. The van der Waals surface area contributed by atoms with E-state index in [4.69, 9.17) is 0 Å². The largest absolute Gasteiger partial charge is 0.321 e. The van der Waals surface area contributed by atoms with Gasteiger partial charge in [0, 0.05) is 17.2 Å². The van der Waals surface area contributed by atoms with Crippen LogP contribution in [-0.2, 0) is 0 Å². The molecule has 122 valence electrons. The van der Waals surface area contributed by atoms with Crippen molar-refractivity contribution in [3.8, 4) is 11.4 Å². The average molecular weight is 340 g/mol. The smallest absolute Gasteiger partial charge is 0.267 e. The highest BCUT2D eigenvalue weighted by atomic mass is 32.1. The summed E-state index contributed by atoms with van der Waals surface area (Å²) >= 11 is 1.41. The van der Waals surface area contributed by atoms with Crippen molar-refractivity contribution in [2.45, 2.75) is 31.6 Å². The first-order valence-electron chi connectivity index (χ1n) is 7.90. The minimum Gasteiger partial charge on any atom is -0.321 e. The first kappa shape index (κ1) is 14.9. The first-order chi connectivity index (χ1) is 11.8. The summed E-state index contributed by atoms with van der Waals surface area (Å²) in [6, 6.07) is 7.37. The second-order valence-corrected chi connectivity index (χ2v) is 6.67. The van der Waals surface area contributed by atoms with Gasteiger partial charge in [0.2, 0.25) is 5.82 Å². The molecule has 0 saturated heterocycles. The fourth-order valence-corrected chi connectivity index (χ4v) is 3.86. The molecule has 4 rings (SSSR count). The van der Waals surface area contributed by atoms with E-state index in [1.54, 1.807) is 5.51 Å². The van der Waals surface area contributed by atoms with Crippen molar-refractivity contribution >= 4 is 22.9 Å². The highest BCUT2D eigenvalue weighted by molar-refractivity contribution is 7.12. The zero-order valence-corrected chi connectivity index (χ0v) is 13.7. The monoisotopic (exact) mass is 340 g/mol. The van der Waals surface area contributed by atoms with E-state index in [0.29, 0.717) is 11.7 Å². The molecule has 8 heteroatoms. The Morgan fingerprint density at radius 1 is 1.21 bits per heavy atom. The van der Waals surface area contributed by atoms with Crippen LogP contribution in [0.25, 0.3) is 11.4 Å². The molecule has 1 fully saturated rings. The molecule has 2 heterocycles. The van der Waals surface area contributed by atoms with Crippen molar-refractivity contribution in [3.05, 3.63) is 40.3 Å². The van der Waals surface area contributed by atoms with Crippen LogP contribution in [0.1, 0.15) is 47.0 Å². The Morgan fingerprint density at radius 2 is 2.00 bits per heavy atom. The maximum atomic E-state index is 12.6. The average Bonchev–Trinajstić information content (AvgIpc) is 3.35. The van der Waals surface area contributed by atoms with Crippen molar-refractivity contribution in [3.63, 3.8) is 0 Å². The third-order valence-electron chi connectivity index (χ3n) is 4.29. The van der Waals surface area contributed by atoms with Crippen LogP contribution in [-0.4, -0.2) is 31.5 Å². The molecule has 0 bridgehead atoms. The maximum absolute atomic E-state index is 12.6. The molecule has 24 heavy (non-hydrogen) atoms. The number of nitrogens with one attached hydrogen (secondary N) is 2.